The van der Waals surface area contributed by atoms with E-state index >= 15 is 0 Å². The summed E-state index contributed by atoms with van der Waals surface area (Å²) in [6.07, 6.45) is -7.99. The Morgan fingerprint density at radius 1 is 1.12 bits per heavy atom. The number of primary amides is 2. The van der Waals surface area contributed by atoms with Gasteiger partial charge in [-0.3, -0.25) is 9.59 Å². The van der Waals surface area contributed by atoms with Crippen LogP contribution in [0.1, 0.15) is 0 Å². The maximum atomic E-state index is 10.9. The van der Waals surface area contributed by atoms with E-state index in [2.05, 4.69) is 0 Å². The van der Waals surface area contributed by atoms with E-state index in [1.54, 1.807) is 0 Å². The molecule has 5 atom stereocenters. The molecule has 1 heterocycles. The van der Waals surface area contributed by atoms with E-state index in [1.807, 2.05) is 0 Å². The molecule has 1 rings (SSSR count). The van der Waals surface area contributed by atoms with Crippen molar-refractivity contribution in [1.82, 2.24) is 0 Å². The van der Waals surface area contributed by atoms with E-state index in [4.69, 9.17) is 20.9 Å². The molecule has 0 aromatic rings. The molecule has 17 heavy (non-hydrogen) atoms. The number of carbonyl (C=O) groups excluding carboxylic acids is 2. The molecule has 0 bridgehead atoms. The van der Waals surface area contributed by atoms with Crippen LogP contribution in [0, 0.1) is 0 Å². The van der Waals surface area contributed by atoms with Crippen LogP contribution in [0.15, 0.2) is 0 Å². The van der Waals surface area contributed by atoms with E-state index < -0.39 is 49.1 Å². The highest BCUT2D eigenvalue weighted by atomic mass is 16.7. The Hall–Kier alpha value is -1.26. The van der Waals surface area contributed by atoms with Crippen molar-refractivity contribution < 1.29 is 34.4 Å². The van der Waals surface area contributed by atoms with Crippen LogP contribution < -0.4 is 11.5 Å². The molecule has 0 aromatic carbocycles. The number of hydrogen-bond donors (Lipinski definition) is 5. The highest BCUT2D eigenvalue weighted by molar-refractivity contribution is 5.79. The van der Waals surface area contributed by atoms with Crippen molar-refractivity contribution in [3.05, 3.63) is 0 Å². The van der Waals surface area contributed by atoms with Gasteiger partial charge in [0.1, 0.15) is 24.9 Å². The fraction of sp³-hybridized carbons (Fsp3) is 0.750. The van der Waals surface area contributed by atoms with Gasteiger partial charge >= 0.3 is 0 Å². The largest absolute Gasteiger partial charge is 0.387 e. The zero-order valence-corrected chi connectivity index (χ0v) is 8.72. The van der Waals surface area contributed by atoms with Crippen LogP contribution in [0.4, 0.5) is 0 Å². The van der Waals surface area contributed by atoms with E-state index in [1.165, 1.54) is 0 Å². The fourth-order valence-corrected chi connectivity index (χ4v) is 1.39. The number of nitrogens with two attached hydrogens (primary N) is 2. The van der Waals surface area contributed by atoms with E-state index in [9.17, 15) is 24.9 Å². The van der Waals surface area contributed by atoms with Gasteiger partial charge in [-0.05, 0) is 0 Å². The van der Waals surface area contributed by atoms with Gasteiger partial charge in [-0.15, -0.1) is 0 Å². The summed E-state index contributed by atoms with van der Waals surface area (Å²) >= 11 is 0. The molecule has 1 saturated heterocycles. The number of ether oxygens (including phenoxy) is 2. The third-order valence-electron chi connectivity index (χ3n) is 2.24. The molecular weight excluding hydrogens is 236 g/mol. The molecule has 0 saturated carbocycles. The molecule has 9 nitrogen and oxygen atoms in total. The molecule has 2 amide bonds. The lowest BCUT2D eigenvalue weighted by Gasteiger charge is -2.38. The Balaban J connectivity index is 2.71. The van der Waals surface area contributed by atoms with Crippen molar-refractivity contribution in [3.63, 3.8) is 0 Å². The topological polar surface area (TPSA) is 165 Å². The molecule has 1 aliphatic heterocycles. The minimum absolute atomic E-state index is 0.573. The Kier molecular flexibility index (Phi) is 4.37. The number of hydrogen-bond acceptors (Lipinski definition) is 7. The molecule has 7 N–H and O–H groups in total. The number of amides is 2. The fourth-order valence-electron chi connectivity index (χ4n) is 1.39. The average molecular weight is 250 g/mol. The summed E-state index contributed by atoms with van der Waals surface area (Å²) in [5.74, 6) is -1.85. The predicted molar refractivity (Wildman–Crippen MR) is 51.0 cm³/mol. The highest BCUT2D eigenvalue weighted by Gasteiger charge is 2.46. The minimum atomic E-state index is -1.68. The summed E-state index contributed by atoms with van der Waals surface area (Å²) in [5, 5.41) is 28.3. The molecule has 0 radical (unpaired) electrons. The van der Waals surface area contributed by atoms with Crippen molar-refractivity contribution in [2.75, 3.05) is 6.61 Å². The van der Waals surface area contributed by atoms with Gasteiger partial charge in [-0.2, -0.15) is 0 Å². The zero-order valence-electron chi connectivity index (χ0n) is 8.72. The van der Waals surface area contributed by atoms with Gasteiger partial charge < -0.3 is 36.3 Å². The van der Waals surface area contributed by atoms with E-state index in [0.717, 1.165) is 0 Å². The lowest BCUT2D eigenvalue weighted by atomic mass is 9.98. The summed E-state index contributed by atoms with van der Waals surface area (Å²) in [6.45, 7) is -0.573. The van der Waals surface area contributed by atoms with Crippen LogP contribution in [0.25, 0.3) is 0 Å². The first-order valence-electron chi connectivity index (χ1n) is 4.73. The van der Waals surface area contributed by atoms with Crippen molar-refractivity contribution >= 4 is 11.8 Å². The van der Waals surface area contributed by atoms with Crippen LogP contribution in [0.2, 0.25) is 0 Å². The van der Waals surface area contributed by atoms with Crippen molar-refractivity contribution in [2.24, 2.45) is 11.5 Å². The summed E-state index contributed by atoms with van der Waals surface area (Å²) in [4.78, 5) is 21.4. The lowest BCUT2D eigenvalue weighted by Crippen LogP contribution is -2.61. The summed E-state index contributed by atoms with van der Waals surface area (Å²) < 4.78 is 9.56. The summed E-state index contributed by atoms with van der Waals surface area (Å²) in [6, 6.07) is 0. The van der Waals surface area contributed by atoms with Crippen molar-refractivity contribution in [1.29, 1.82) is 0 Å². The average Bonchev–Trinajstić information content (AvgIpc) is 2.24. The Morgan fingerprint density at radius 2 is 1.71 bits per heavy atom. The smallest absolute Gasteiger partial charge is 0.249 e. The number of carbonyl (C=O) groups is 2. The standard InChI is InChI=1S/C8H14N2O7/c9-2(11)1-16-8-5(14)3(12)4(13)6(17-8)7(10)15/h3-6,8,12-14H,1H2,(H2,9,11)(H2,10,15)/t3?,4-,5?,6?,8-/m0/s1. The maximum absolute atomic E-state index is 10.9. The Labute approximate surface area is 95.9 Å². The predicted octanol–water partition coefficient (Wildman–Crippen LogP) is -4.22. The molecule has 1 aliphatic rings. The molecule has 0 aromatic heterocycles. The SMILES string of the molecule is NC(=O)CO[C@H]1OC(C(N)=O)[C@@H](O)C(O)C1O. The first-order valence-corrected chi connectivity index (χ1v) is 4.73. The highest BCUT2D eigenvalue weighted by Crippen LogP contribution is 2.21. The lowest BCUT2D eigenvalue weighted by molar-refractivity contribution is -0.288. The monoisotopic (exact) mass is 250 g/mol. The van der Waals surface area contributed by atoms with Gasteiger partial charge in [0, 0.05) is 0 Å². The van der Waals surface area contributed by atoms with Gasteiger partial charge in [0.05, 0.1) is 0 Å². The second-order valence-electron chi connectivity index (χ2n) is 3.58. The van der Waals surface area contributed by atoms with Crippen LogP contribution in [0.3, 0.4) is 0 Å². The number of rotatable bonds is 4. The van der Waals surface area contributed by atoms with Gasteiger partial charge in [0.15, 0.2) is 12.4 Å². The Bertz CT molecular complexity index is 310. The van der Waals surface area contributed by atoms with Gasteiger partial charge in [0.25, 0.3) is 0 Å². The maximum Gasteiger partial charge on any atom is 0.249 e. The van der Waals surface area contributed by atoms with Crippen molar-refractivity contribution in [3.8, 4) is 0 Å². The van der Waals surface area contributed by atoms with Gasteiger partial charge in [-0.1, -0.05) is 0 Å². The third kappa shape index (κ3) is 3.11. The van der Waals surface area contributed by atoms with Gasteiger partial charge in [0.2, 0.25) is 11.8 Å². The molecular formula is C8H14N2O7. The zero-order chi connectivity index (χ0) is 13.2. The normalized spacial score (nSPS) is 37.7. The van der Waals surface area contributed by atoms with Gasteiger partial charge in [-0.25, -0.2) is 0 Å². The van der Waals surface area contributed by atoms with Crippen LogP contribution in [0.5, 0.6) is 0 Å². The minimum Gasteiger partial charge on any atom is -0.387 e. The molecule has 1 fully saturated rings. The molecule has 9 heteroatoms. The molecule has 98 valence electrons. The van der Waals surface area contributed by atoms with Crippen molar-refractivity contribution in [2.45, 2.75) is 30.7 Å². The molecule has 3 unspecified atom stereocenters. The van der Waals surface area contributed by atoms with E-state index in [0.29, 0.717) is 0 Å². The second-order valence-corrected chi connectivity index (χ2v) is 3.58. The van der Waals surface area contributed by atoms with Crippen LogP contribution >= 0.6 is 0 Å². The summed E-state index contributed by atoms with van der Waals surface area (Å²) in [7, 11) is 0. The number of aliphatic hydroxyl groups is 3. The Morgan fingerprint density at radius 3 is 2.18 bits per heavy atom. The first-order chi connectivity index (χ1) is 7.84. The quantitative estimate of drug-likeness (QED) is 0.337. The molecule has 0 aliphatic carbocycles. The second kappa shape index (κ2) is 5.38. The van der Waals surface area contributed by atoms with E-state index in [-0.39, 0.29) is 0 Å². The summed E-state index contributed by atoms with van der Waals surface area (Å²) in [5.41, 5.74) is 9.73. The van der Waals surface area contributed by atoms with Crippen LogP contribution in [-0.2, 0) is 19.1 Å². The van der Waals surface area contributed by atoms with Crippen LogP contribution in [-0.4, -0.2) is 64.4 Å². The third-order valence-corrected chi connectivity index (χ3v) is 2.24. The number of aliphatic hydroxyl groups excluding tert-OH is 3. The first kappa shape index (κ1) is 13.8. The molecule has 0 spiro atoms.